The summed E-state index contributed by atoms with van der Waals surface area (Å²) in [6, 6.07) is 7.46. The van der Waals surface area contributed by atoms with E-state index in [9.17, 15) is 4.79 Å². The minimum atomic E-state index is 0.163. The Morgan fingerprint density at radius 1 is 1.15 bits per heavy atom. The van der Waals surface area contributed by atoms with E-state index in [1.807, 2.05) is 36.2 Å². The maximum Gasteiger partial charge on any atom is 0.226 e. The lowest BCUT2D eigenvalue weighted by molar-refractivity contribution is -0.131. The summed E-state index contributed by atoms with van der Waals surface area (Å²) in [6.07, 6.45) is 5.61. The number of amides is 1. The number of carbonyl (C=O) groups is 1. The molecule has 3 aromatic rings. The van der Waals surface area contributed by atoms with Crippen LogP contribution >= 0.6 is 11.6 Å². The van der Waals surface area contributed by atoms with Crippen molar-refractivity contribution < 1.29 is 4.79 Å². The van der Waals surface area contributed by atoms with Gasteiger partial charge in [0, 0.05) is 43.5 Å². The van der Waals surface area contributed by atoms with Crippen LogP contribution in [0.25, 0.3) is 11.2 Å². The van der Waals surface area contributed by atoms with E-state index in [1.165, 1.54) is 0 Å². The average molecular weight is 370 g/mol. The Hall–Kier alpha value is -2.47. The third-order valence-electron chi connectivity index (χ3n) is 4.99. The number of halogens is 1. The lowest BCUT2D eigenvalue weighted by Crippen LogP contribution is -2.38. The third kappa shape index (κ3) is 3.29. The van der Waals surface area contributed by atoms with E-state index in [0.29, 0.717) is 17.4 Å². The molecule has 0 bridgehead atoms. The smallest absolute Gasteiger partial charge is 0.226 e. The quantitative estimate of drug-likeness (QED) is 0.712. The van der Waals surface area contributed by atoms with Gasteiger partial charge in [0.05, 0.1) is 12.1 Å². The lowest BCUT2D eigenvalue weighted by atomic mass is 9.92. The van der Waals surface area contributed by atoms with Gasteiger partial charge in [-0.05, 0) is 30.5 Å². The zero-order valence-electron chi connectivity index (χ0n) is 14.6. The molecule has 1 aliphatic heterocycles. The molecule has 1 saturated heterocycles. The predicted molar refractivity (Wildman–Crippen MR) is 100 cm³/mol. The van der Waals surface area contributed by atoms with Crippen LogP contribution in [0.5, 0.6) is 0 Å². The molecular weight excluding hydrogens is 350 g/mol. The Balaban J connectivity index is 1.42. The van der Waals surface area contributed by atoms with Crippen LogP contribution in [0.1, 0.15) is 30.0 Å². The zero-order valence-corrected chi connectivity index (χ0v) is 15.4. The van der Waals surface area contributed by atoms with Crippen LogP contribution in [-0.4, -0.2) is 43.6 Å². The summed E-state index contributed by atoms with van der Waals surface area (Å²) in [7, 11) is 1.89. The highest BCUT2D eigenvalue weighted by Gasteiger charge is 2.27. The summed E-state index contributed by atoms with van der Waals surface area (Å²) >= 11 is 5.90. The number of aryl methyl sites for hydroxylation is 1. The number of fused-ring (bicyclic) bond motifs is 1. The molecule has 1 amide bonds. The molecule has 0 unspecified atom stereocenters. The van der Waals surface area contributed by atoms with Crippen molar-refractivity contribution in [3.63, 3.8) is 0 Å². The molecule has 1 fully saturated rings. The summed E-state index contributed by atoms with van der Waals surface area (Å²) in [5, 5.41) is 5.32. The monoisotopic (exact) mass is 369 g/mol. The second-order valence-corrected chi connectivity index (χ2v) is 7.13. The molecule has 0 radical (unpaired) electrons. The molecule has 3 heterocycles. The molecule has 0 aliphatic carbocycles. The second kappa shape index (κ2) is 7.03. The van der Waals surface area contributed by atoms with Gasteiger partial charge in [0.1, 0.15) is 5.52 Å². The Morgan fingerprint density at radius 2 is 1.85 bits per heavy atom. The summed E-state index contributed by atoms with van der Waals surface area (Å²) in [5.74, 6) is 0.478. The highest BCUT2D eigenvalue weighted by atomic mass is 35.5. The molecule has 26 heavy (non-hydrogen) atoms. The topological polar surface area (TPSA) is 63.9 Å². The first kappa shape index (κ1) is 17.0. The number of likely N-dealkylation sites (tertiary alicyclic amines) is 1. The van der Waals surface area contributed by atoms with E-state index in [0.717, 1.165) is 48.4 Å². The molecule has 0 atom stereocenters. The van der Waals surface area contributed by atoms with Crippen LogP contribution in [0.3, 0.4) is 0 Å². The van der Waals surface area contributed by atoms with Gasteiger partial charge in [-0.3, -0.25) is 4.79 Å². The summed E-state index contributed by atoms with van der Waals surface area (Å²) < 4.78 is 1.79. The summed E-state index contributed by atoms with van der Waals surface area (Å²) in [5.41, 5.74) is 3.68. The number of rotatable bonds is 3. The number of carbonyl (C=O) groups excluding carboxylic acids is 1. The van der Waals surface area contributed by atoms with Gasteiger partial charge < -0.3 is 4.90 Å². The van der Waals surface area contributed by atoms with E-state index in [4.69, 9.17) is 11.6 Å². The maximum atomic E-state index is 12.6. The van der Waals surface area contributed by atoms with Crippen LogP contribution in [0, 0.1) is 0 Å². The average Bonchev–Trinajstić information content (AvgIpc) is 3.01. The van der Waals surface area contributed by atoms with E-state index in [-0.39, 0.29) is 5.91 Å². The van der Waals surface area contributed by atoms with E-state index in [1.54, 1.807) is 17.1 Å². The van der Waals surface area contributed by atoms with Gasteiger partial charge in [-0.15, -0.1) is 0 Å². The van der Waals surface area contributed by atoms with Crippen molar-refractivity contribution in [3.8, 4) is 0 Å². The highest BCUT2D eigenvalue weighted by Crippen LogP contribution is 2.30. The standard InChI is InChI=1S/C19H20ClN5O/c1-24-19-18(21-8-9-22-19)17(23-24)14-6-10-25(11-7-14)16(26)12-13-2-4-15(20)5-3-13/h2-5,8-9,14H,6-7,10-12H2,1H3. The van der Waals surface area contributed by atoms with Crippen molar-refractivity contribution in [2.24, 2.45) is 7.05 Å². The molecule has 0 spiro atoms. The van der Waals surface area contributed by atoms with Crippen LogP contribution < -0.4 is 0 Å². The van der Waals surface area contributed by atoms with Crippen LogP contribution in [0.2, 0.25) is 5.02 Å². The van der Waals surface area contributed by atoms with Crippen LogP contribution in [-0.2, 0) is 18.3 Å². The van der Waals surface area contributed by atoms with Gasteiger partial charge >= 0.3 is 0 Å². The first-order valence-corrected chi connectivity index (χ1v) is 9.15. The number of hydrogen-bond acceptors (Lipinski definition) is 4. The van der Waals surface area contributed by atoms with E-state index < -0.39 is 0 Å². The molecule has 1 aliphatic rings. The van der Waals surface area contributed by atoms with Crippen LogP contribution in [0.15, 0.2) is 36.7 Å². The molecular formula is C19H20ClN5O. The Bertz CT molecular complexity index is 929. The van der Waals surface area contributed by atoms with Gasteiger partial charge in [-0.25, -0.2) is 14.6 Å². The first-order valence-electron chi connectivity index (χ1n) is 8.77. The molecule has 0 N–H and O–H groups in total. The fourth-order valence-corrected chi connectivity index (χ4v) is 3.70. The lowest BCUT2D eigenvalue weighted by Gasteiger charge is -2.31. The normalized spacial score (nSPS) is 15.5. The Morgan fingerprint density at radius 3 is 2.58 bits per heavy atom. The minimum Gasteiger partial charge on any atom is -0.342 e. The van der Waals surface area contributed by atoms with E-state index >= 15 is 0 Å². The molecule has 6 nitrogen and oxygen atoms in total. The van der Waals surface area contributed by atoms with Crippen molar-refractivity contribution in [3.05, 3.63) is 52.9 Å². The number of piperidine rings is 1. The second-order valence-electron chi connectivity index (χ2n) is 6.70. The van der Waals surface area contributed by atoms with Gasteiger partial charge in [0.25, 0.3) is 0 Å². The highest BCUT2D eigenvalue weighted by molar-refractivity contribution is 6.30. The van der Waals surface area contributed by atoms with Crippen molar-refractivity contribution in [1.29, 1.82) is 0 Å². The van der Waals surface area contributed by atoms with Crippen molar-refractivity contribution in [1.82, 2.24) is 24.6 Å². The van der Waals surface area contributed by atoms with Crippen molar-refractivity contribution in [2.45, 2.75) is 25.2 Å². The number of aromatic nitrogens is 4. The van der Waals surface area contributed by atoms with E-state index in [2.05, 4.69) is 15.1 Å². The number of benzene rings is 1. The van der Waals surface area contributed by atoms with Gasteiger partial charge in [0.15, 0.2) is 5.65 Å². The third-order valence-corrected chi connectivity index (χ3v) is 5.24. The fraction of sp³-hybridized carbons (Fsp3) is 0.368. The number of nitrogens with zero attached hydrogens (tertiary/aromatic N) is 5. The predicted octanol–water partition coefficient (Wildman–Crippen LogP) is 2.97. The SMILES string of the molecule is Cn1nc(C2CCN(C(=O)Cc3ccc(Cl)cc3)CC2)c2nccnc21. The zero-order chi connectivity index (χ0) is 18.1. The van der Waals surface area contributed by atoms with Gasteiger partial charge in [0.2, 0.25) is 5.91 Å². The minimum absolute atomic E-state index is 0.163. The van der Waals surface area contributed by atoms with Gasteiger partial charge in [-0.1, -0.05) is 23.7 Å². The molecule has 2 aromatic heterocycles. The van der Waals surface area contributed by atoms with Crippen molar-refractivity contribution in [2.75, 3.05) is 13.1 Å². The first-order chi connectivity index (χ1) is 12.6. The molecule has 7 heteroatoms. The molecule has 1 aromatic carbocycles. The largest absolute Gasteiger partial charge is 0.342 e. The Kier molecular flexibility index (Phi) is 4.59. The molecule has 0 saturated carbocycles. The summed E-state index contributed by atoms with van der Waals surface area (Å²) in [4.78, 5) is 23.3. The Labute approximate surface area is 156 Å². The molecule has 4 rings (SSSR count). The summed E-state index contributed by atoms with van der Waals surface area (Å²) in [6.45, 7) is 1.49. The van der Waals surface area contributed by atoms with Crippen LogP contribution in [0.4, 0.5) is 0 Å². The maximum absolute atomic E-state index is 12.6. The molecule has 134 valence electrons. The number of hydrogen-bond donors (Lipinski definition) is 0. The van der Waals surface area contributed by atoms with Crippen molar-refractivity contribution >= 4 is 28.7 Å². The fourth-order valence-electron chi connectivity index (χ4n) is 3.57. The van der Waals surface area contributed by atoms with Gasteiger partial charge in [-0.2, -0.15) is 5.10 Å².